The molecule has 1 amide bonds. The van der Waals surface area contributed by atoms with Crippen molar-refractivity contribution in [2.75, 3.05) is 19.8 Å². The fourth-order valence-corrected chi connectivity index (χ4v) is 1.77. The van der Waals surface area contributed by atoms with Crippen molar-refractivity contribution in [2.45, 2.75) is 32.2 Å². The van der Waals surface area contributed by atoms with Crippen LogP contribution in [-0.4, -0.2) is 41.5 Å². The van der Waals surface area contributed by atoms with Crippen LogP contribution in [-0.2, 0) is 4.79 Å². The minimum atomic E-state index is -0.945. The number of aliphatic hydroxyl groups excluding tert-OH is 2. The summed E-state index contributed by atoms with van der Waals surface area (Å²) in [6.45, 7) is 3.42. The van der Waals surface area contributed by atoms with E-state index in [0.717, 1.165) is 11.3 Å². The van der Waals surface area contributed by atoms with E-state index in [1.54, 1.807) is 6.92 Å². The van der Waals surface area contributed by atoms with Gasteiger partial charge in [0.25, 0.3) is 0 Å². The van der Waals surface area contributed by atoms with Crippen LogP contribution in [0.15, 0.2) is 24.3 Å². The van der Waals surface area contributed by atoms with Gasteiger partial charge in [-0.3, -0.25) is 4.79 Å². The molecule has 20 heavy (non-hydrogen) atoms. The van der Waals surface area contributed by atoms with E-state index in [9.17, 15) is 15.0 Å². The Morgan fingerprint density at radius 1 is 1.30 bits per heavy atom. The monoisotopic (exact) mass is 281 g/mol. The molecular weight excluding hydrogens is 258 g/mol. The van der Waals surface area contributed by atoms with Gasteiger partial charge in [0.15, 0.2) is 0 Å². The van der Waals surface area contributed by atoms with Crippen LogP contribution < -0.4 is 10.1 Å². The smallest absolute Gasteiger partial charge is 0.224 e. The zero-order valence-electron chi connectivity index (χ0n) is 12.1. The van der Waals surface area contributed by atoms with Gasteiger partial charge < -0.3 is 20.3 Å². The Morgan fingerprint density at radius 2 is 1.95 bits per heavy atom. The molecule has 0 bridgehead atoms. The average molecular weight is 281 g/mol. The zero-order valence-corrected chi connectivity index (χ0v) is 12.1. The Bertz CT molecular complexity index is 421. The first-order chi connectivity index (χ1) is 9.56. The summed E-state index contributed by atoms with van der Waals surface area (Å²) in [7, 11) is 0. The number of ether oxygens (including phenoxy) is 1. The molecule has 112 valence electrons. The summed E-state index contributed by atoms with van der Waals surface area (Å²) in [5, 5.41) is 21.2. The van der Waals surface area contributed by atoms with Crippen LogP contribution in [0.2, 0.25) is 0 Å². The van der Waals surface area contributed by atoms with Crippen molar-refractivity contribution in [3.05, 3.63) is 29.8 Å². The number of benzene rings is 1. The molecule has 0 aliphatic carbocycles. The lowest BCUT2D eigenvalue weighted by Gasteiger charge is -2.29. The van der Waals surface area contributed by atoms with Crippen molar-refractivity contribution in [2.24, 2.45) is 0 Å². The van der Waals surface area contributed by atoms with Crippen molar-refractivity contribution in [3.63, 3.8) is 0 Å². The average Bonchev–Trinajstić information content (AvgIpc) is 2.47. The minimum absolute atomic E-state index is 0.177. The van der Waals surface area contributed by atoms with Gasteiger partial charge in [-0.1, -0.05) is 25.1 Å². The Labute approximate surface area is 119 Å². The molecule has 0 saturated heterocycles. The molecule has 0 aliphatic rings. The van der Waals surface area contributed by atoms with Gasteiger partial charge in [-0.2, -0.15) is 0 Å². The molecule has 5 nitrogen and oxygen atoms in total. The summed E-state index contributed by atoms with van der Waals surface area (Å²) < 4.78 is 5.54. The van der Waals surface area contributed by atoms with Gasteiger partial charge in [-0.15, -0.1) is 0 Å². The maximum atomic E-state index is 11.8. The number of rotatable bonds is 8. The van der Waals surface area contributed by atoms with Crippen LogP contribution in [0.25, 0.3) is 0 Å². The van der Waals surface area contributed by atoms with E-state index < -0.39 is 5.54 Å². The summed E-state index contributed by atoms with van der Waals surface area (Å²) in [5.41, 5.74) is 0.0706. The molecule has 0 atom stereocenters. The zero-order chi connectivity index (χ0) is 15.0. The molecule has 1 rings (SSSR count). The molecule has 0 fully saturated rings. The second kappa shape index (κ2) is 7.87. The lowest BCUT2D eigenvalue weighted by molar-refractivity contribution is -0.125. The molecule has 0 aromatic heterocycles. The SMILES string of the molecule is CCC(CO)(CO)NC(=O)CCOc1ccccc1C. The predicted octanol–water partition coefficient (Wildman–Crippen LogP) is 1.01. The molecule has 0 aliphatic heterocycles. The van der Waals surface area contributed by atoms with E-state index in [0.29, 0.717) is 6.42 Å². The third-order valence-corrected chi connectivity index (χ3v) is 3.37. The molecular formula is C15H23NO4. The number of hydrogen-bond donors (Lipinski definition) is 3. The van der Waals surface area contributed by atoms with Crippen molar-refractivity contribution in [1.29, 1.82) is 0 Å². The first-order valence-electron chi connectivity index (χ1n) is 6.78. The summed E-state index contributed by atoms with van der Waals surface area (Å²) in [6, 6.07) is 7.59. The van der Waals surface area contributed by atoms with Crippen molar-refractivity contribution in [3.8, 4) is 5.75 Å². The van der Waals surface area contributed by atoms with Crippen LogP contribution in [0.5, 0.6) is 5.75 Å². The Hall–Kier alpha value is -1.59. The molecule has 5 heteroatoms. The summed E-state index contributed by atoms with van der Waals surface area (Å²) in [6.07, 6.45) is 0.639. The number of para-hydroxylation sites is 1. The predicted molar refractivity (Wildman–Crippen MR) is 76.6 cm³/mol. The summed E-state index contributed by atoms with van der Waals surface area (Å²) in [4.78, 5) is 11.8. The van der Waals surface area contributed by atoms with Crippen LogP contribution in [0.4, 0.5) is 0 Å². The van der Waals surface area contributed by atoms with E-state index >= 15 is 0 Å². The molecule has 0 unspecified atom stereocenters. The first kappa shape index (κ1) is 16.5. The molecule has 0 spiro atoms. The highest BCUT2D eigenvalue weighted by Gasteiger charge is 2.28. The van der Waals surface area contributed by atoms with Gasteiger partial charge in [0.1, 0.15) is 5.75 Å². The number of carbonyl (C=O) groups is 1. The van der Waals surface area contributed by atoms with E-state index in [1.165, 1.54) is 0 Å². The number of aryl methyl sites for hydroxylation is 1. The van der Waals surface area contributed by atoms with Gasteiger partial charge in [0.05, 0.1) is 31.8 Å². The fraction of sp³-hybridized carbons (Fsp3) is 0.533. The Balaban J connectivity index is 2.42. The molecule has 1 aromatic carbocycles. The normalized spacial score (nSPS) is 11.2. The quantitative estimate of drug-likeness (QED) is 0.664. The van der Waals surface area contributed by atoms with Gasteiger partial charge in [-0.05, 0) is 25.0 Å². The van der Waals surface area contributed by atoms with E-state index in [2.05, 4.69) is 5.32 Å². The standard InChI is InChI=1S/C15H23NO4/c1-3-15(10-17,11-18)16-14(19)8-9-20-13-7-5-4-6-12(13)2/h4-7,17-18H,3,8-11H2,1-2H3,(H,16,19). The van der Waals surface area contributed by atoms with E-state index in [1.807, 2.05) is 31.2 Å². The van der Waals surface area contributed by atoms with Crippen molar-refractivity contribution in [1.82, 2.24) is 5.32 Å². The second-order valence-corrected chi connectivity index (χ2v) is 4.86. The number of amides is 1. The largest absolute Gasteiger partial charge is 0.493 e. The van der Waals surface area contributed by atoms with Crippen LogP contribution in [0.3, 0.4) is 0 Å². The maximum absolute atomic E-state index is 11.8. The highest BCUT2D eigenvalue weighted by atomic mass is 16.5. The van der Waals surface area contributed by atoms with Crippen LogP contribution in [0, 0.1) is 6.92 Å². The summed E-state index contributed by atoms with van der Waals surface area (Å²) in [5.74, 6) is 0.509. The Kier molecular flexibility index (Phi) is 6.48. The molecule has 0 radical (unpaired) electrons. The molecule has 1 aromatic rings. The number of hydrogen-bond acceptors (Lipinski definition) is 4. The third-order valence-electron chi connectivity index (χ3n) is 3.37. The highest BCUT2D eigenvalue weighted by molar-refractivity contribution is 5.77. The highest BCUT2D eigenvalue weighted by Crippen LogP contribution is 2.16. The van der Waals surface area contributed by atoms with E-state index in [-0.39, 0.29) is 32.1 Å². The van der Waals surface area contributed by atoms with Gasteiger partial charge in [0.2, 0.25) is 5.91 Å². The van der Waals surface area contributed by atoms with Crippen molar-refractivity contribution >= 4 is 5.91 Å². The van der Waals surface area contributed by atoms with E-state index in [4.69, 9.17) is 4.74 Å². The summed E-state index contributed by atoms with van der Waals surface area (Å²) >= 11 is 0. The lowest BCUT2D eigenvalue weighted by atomic mass is 9.98. The van der Waals surface area contributed by atoms with Gasteiger partial charge in [-0.25, -0.2) is 0 Å². The number of aliphatic hydroxyl groups is 2. The molecule has 0 heterocycles. The Morgan fingerprint density at radius 3 is 2.50 bits per heavy atom. The lowest BCUT2D eigenvalue weighted by Crippen LogP contribution is -2.54. The first-order valence-corrected chi connectivity index (χ1v) is 6.78. The minimum Gasteiger partial charge on any atom is -0.493 e. The van der Waals surface area contributed by atoms with Crippen molar-refractivity contribution < 1.29 is 19.7 Å². The maximum Gasteiger partial charge on any atom is 0.224 e. The van der Waals surface area contributed by atoms with Gasteiger partial charge in [0, 0.05) is 0 Å². The second-order valence-electron chi connectivity index (χ2n) is 4.86. The van der Waals surface area contributed by atoms with Gasteiger partial charge >= 0.3 is 0 Å². The number of nitrogens with one attached hydrogen (secondary N) is 1. The van der Waals surface area contributed by atoms with Crippen LogP contribution in [0.1, 0.15) is 25.3 Å². The number of carbonyl (C=O) groups excluding carboxylic acids is 1. The topological polar surface area (TPSA) is 78.8 Å². The van der Waals surface area contributed by atoms with Crippen LogP contribution >= 0.6 is 0 Å². The molecule has 3 N–H and O–H groups in total. The molecule has 0 saturated carbocycles. The fourth-order valence-electron chi connectivity index (χ4n) is 1.77. The third kappa shape index (κ3) is 4.51.